The first-order valence-electron chi connectivity index (χ1n) is 12.0. The molecule has 176 valence electrons. The summed E-state index contributed by atoms with van der Waals surface area (Å²) in [6.07, 6.45) is 13.8. The van der Waals surface area contributed by atoms with Gasteiger partial charge < -0.3 is 14.9 Å². The Hall–Kier alpha value is 0.200. The van der Waals surface area contributed by atoms with Gasteiger partial charge in [-0.25, -0.2) is 0 Å². The highest BCUT2D eigenvalue weighted by molar-refractivity contribution is 5.85. The first-order chi connectivity index (χ1) is 13.3. The maximum absolute atomic E-state index is 10.2. The molecule has 0 aliphatic heterocycles. The summed E-state index contributed by atoms with van der Waals surface area (Å²) in [5.41, 5.74) is 2.48. The Morgan fingerprint density at radius 2 is 1.70 bits per heavy atom. The lowest BCUT2D eigenvalue weighted by Crippen LogP contribution is -2.53. The summed E-state index contributed by atoms with van der Waals surface area (Å²) in [6, 6.07) is 0.770. The highest BCUT2D eigenvalue weighted by Gasteiger charge is 2.59. The fourth-order valence-electron chi connectivity index (χ4n) is 8.13. The first-order valence-corrected chi connectivity index (χ1v) is 12.0. The molecule has 0 amide bonds. The van der Waals surface area contributed by atoms with Crippen LogP contribution in [-0.2, 0) is 0 Å². The van der Waals surface area contributed by atoms with Crippen molar-refractivity contribution in [3.63, 3.8) is 0 Å². The van der Waals surface area contributed by atoms with Crippen LogP contribution >= 0.6 is 24.8 Å². The van der Waals surface area contributed by atoms with Crippen molar-refractivity contribution in [3.05, 3.63) is 11.6 Å². The average Bonchev–Trinajstić information content (AvgIpc) is 2.99. The number of rotatable bonds is 5. The number of hydrogen-bond acceptors (Lipinski definition) is 3. The molecule has 0 saturated heterocycles. The lowest BCUT2D eigenvalue weighted by molar-refractivity contribution is -0.0565. The SMILES string of the molecule is CN(C)CCCN(C)[C@H]1CC[C@H]2[C@@H]3CC=C4C[C@@H](O)CC[C@]4(C)[C@H]3CC[C@]12C.Cl.Cl. The van der Waals surface area contributed by atoms with E-state index < -0.39 is 0 Å². The Morgan fingerprint density at radius 1 is 0.967 bits per heavy atom. The Labute approximate surface area is 197 Å². The number of halogens is 2. The highest BCUT2D eigenvalue weighted by atomic mass is 35.5. The van der Waals surface area contributed by atoms with Crippen molar-refractivity contribution in [1.82, 2.24) is 9.80 Å². The van der Waals surface area contributed by atoms with Crippen LogP contribution in [0.5, 0.6) is 0 Å². The second-order valence-electron chi connectivity index (χ2n) is 11.4. The van der Waals surface area contributed by atoms with E-state index in [1.165, 1.54) is 58.0 Å². The minimum atomic E-state index is -0.0867. The van der Waals surface area contributed by atoms with Crippen molar-refractivity contribution in [3.8, 4) is 0 Å². The zero-order valence-electron chi connectivity index (χ0n) is 19.9. The lowest BCUT2D eigenvalue weighted by atomic mass is 9.48. The Kier molecular flexibility index (Phi) is 8.81. The Bertz CT molecular complexity index is 612. The maximum Gasteiger partial charge on any atom is 0.0577 e. The van der Waals surface area contributed by atoms with Crippen molar-refractivity contribution in [2.45, 2.75) is 83.8 Å². The van der Waals surface area contributed by atoms with Gasteiger partial charge in [-0.15, -0.1) is 24.8 Å². The van der Waals surface area contributed by atoms with Gasteiger partial charge in [0.25, 0.3) is 0 Å². The molecule has 4 aliphatic rings. The summed E-state index contributed by atoms with van der Waals surface area (Å²) in [4.78, 5) is 5.03. The van der Waals surface area contributed by atoms with Crippen LogP contribution in [0.4, 0.5) is 0 Å². The normalized spacial score (nSPS) is 42.5. The molecule has 0 heterocycles. The van der Waals surface area contributed by atoms with E-state index in [0.29, 0.717) is 10.8 Å². The van der Waals surface area contributed by atoms with Crippen molar-refractivity contribution in [2.75, 3.05) is 34.2 Å². The summed E-state index contributed by atoms with van der Waals surface area (Å²) < 4.78 is 0. The second-order valence-corrected chi connectivity index (χ2v) is 11.4. The molecule has 30 heavy (non-hydrogen) atoms. The minimum Gasteiger partial charge on any atom is -0.393 e. The summed E-state index contributed by atoms with van der Waals surface area (Å²) in [7, 11) is 6.76. The molecule has 4 aliphatic carbocycles. The molecule has 5 heteroatoms. The maximum atomic E-state index is 10.2. The Balaban J connectivity index is 0.00000160. The minimum absolute atomic E-state index is 0. The first kappa shape index (κ1) is 26.5. The summed E-state index contributed by atoms with van der Waals surface area (Å²) in [6.45, 7) is 7.61. The predicted molar refractivity (Wildman–Crippen MR) is 132 cm³/mol. The van der Waals surface area contributed by atoms with Crippen molar-refractivity contribution in [2.24, 2.45) is 28.6 Å². The van der Waals surface area contributed by atoms with Crippen LogP contribution in [0.25, 0.3) is 0 Å². The number of nitrogens with zero attached hydrogens (tertiary/aromatic N) is 2. The third-order valence-corrected chi connectivity index (χ3v) is 9.68. The highest BCUT2D eigenvalue weighted by Crippen LogP contribution is 2.65. The van der Waals surface area contributed by atoms with Crippen LogP contribution in [0, 0.1) is 28.6 Å². The second kappa shape index (κ2) is 10.00. The molecule has 0 aromatic carbocycles. The zero-order chi connectivity index (χ0) is 20.1. The Morgan fingerprint density at radius 3 is 2.40 bits per heavy atom. The van der Waals surface area contributed by atoms with Crippen LogP contribution in [0.1, 0.15) is 71.6 Å². The van der Waals surface area contributed by atoms with E-state index in [4.69, 9.17) is 0 Å². The van der Waals surface area contributed by atoms with Crippen LogP contribution in [0.2, 0.25) is 0 Å². The smallest absolute Gasteiger partial charge is 0.0577 e. The van der Waals surface area contributed by atoms with Gasteiger partial charge >= 0.3 is 0 Å². The lowest BCUT2D eigenvalue weighted by Gasteiger charge is -2.58. The van der Waals surface area contributed by atoms with Gasteiger partial charge in [0.1, 0.15) is 0 Å². The number of fused-ring (bicyclic) bond motifs is 5. The molecule has 3 saturated carbocycles. The molecule has 7 atom stereocenters. The molecule has 0 radical (unpaired) electrons. The number of allylic oxidation sites excluding steroid dienone is 1. The largest absolute Gasteiger partial charge is 0.393 e. The van der Waals surface area contributed by atoms with Crippen molar-refractivity contribution in [1.29, 1.82) is 0 Å². The predicted octanol–water partition coefficient (Wildman–Crippen LogP) is 5.41. The van der Waals surface area contributed by atoms with E-state index in [1.807, 2.05) is 0 Å². The topological polar surface area (TPSA) is 26.7 Å². The van der Waals surface area contributed by atoms with Crippen molar-refractivity contribution >= 4 is 24.8 Å². The van der Waals surface area contributed by atoms with Gasteiger partial charge in [0.15, 0.2) is 0 Å². The van der Waals surface area contributed by atoms with E-state index in [1.54, 1.807) is 5.57 Å². The molecule has 0 aromatic heterocycles. The van der Waals surface area contributed by atoms with E-state index in [2.05, 4.69) is 50.9 Å². The van der Waals surface area contributed by atoms with Crippen LogP contribution < -0.4 is 0 Å². The summed E-state index contributed by atoms with van der Waals surface area (Å²) >= 11 is 0. The van der Waals surface area contributed by atoms with E-state index in [9.17, 15) is 5.11 Å². The van der Waals surface area contributed by atoms with Crippen LogP contribution in [0.15, 0.2) is 11.6 Å². The third kappa shape index (κ3) is 4.49. The van der Waals surface area contributed by atoms with Gasteiger partial charge in [-0.2, -0.15) is 0 Å². The van der Waals surface area contributed by atoms with Gasteiger partial charge in [-0.3, -0.25) is 0 Å². The molecule has 0 spiro atoms. The van der Waals surface area contributed by atoms with Gasteiger partial charge in [0.05, 0.1) is 6.10 Å². The van der Waals surface area contributed by atoms with E-state index in [-0.39, 0.29) is 30.9 Å². The average molecular weight is 462 g/mol. The summed E-state index contributed by atoms with van der Waals surface area (Å²) in [5.74, 6) is 2.63. The van der Waals surface area contributed by atoms with Gasteiger partial charge in [-0.1, -0.05) is 25.5 Å². The quantitative estimate of drug-likeness (QED) is 0.555. The van der Waals surface area contributed by atoms with Crippen LogP contribution in [0.3, 0.4) is 0 Å². The molecular formula is C25H46Cl2N2O. The van der Waals surface area contributed by atoms with Gasteiger partial charge in [0.2, 0.25) is 0 Å². The fraction of sp³-hybridized carbons (Fsp3) is 0.920. The third-order valence-electron chi connectivity index (χ3n) is 9.68. The molecule has 3 nitrogen and oxygen atoms in total. The molecule has 0 unspecified atom stereocenters. The van der Waals surface area contributed by atoms with Gasteiger partial charge in [-0.05, 0) is 121 Å². The van der Waals surface area contributed by atoms with Crippen LogP contribution in [-0.4, -0.2) is 61.3 Å². The standard InChI is InChI=1S/C25H44N2O.2ClH/c1-24-13-11-19(28)17-18(24)7-8-20-21-9-10-23(25(21,2)14-12-22(20)24)27(5)16-6-15-26(3)4;;/h7,19-23,28H,6,8-17H2,1-5H3;2*1H/t19-,20-,21-,22-,23-,24-,25-;;/m0../s1. The van der Waals surface area contributed by atoms with Crippen molar-refractivity contribution < 1.29 is 5.11 Å². The van der Waals surface area contributed by atoms with E-state index in [0.717, 1.165) is 36.6 Å². The fourth-order valence-corrected chi connectivity index (χ4v) is 8.13. The number of hydrogen-bond donors (Lipinski definition) is 1. The monoisotopic (exact) mass is 460 g/mol. The zero-order valence-corrected chi connectivity index (χ0v) is 21.5. The van der Waals surface area contributed by atoms with Gasteiger partial charge in [0, 0.05) is 6.04 Å². The molecule has 0 bridgehead atoms. The molecule has 3 fully saturated rings. The van der Waals surface area contributed by atoms with E-state index >= 15 is 0 Å². The number of aliphatic hydroxyl groups is 1. The molecule has 4 rings (SSSR count). The summed E-state index contributed by atoms with van der Waals surface area (Å²) in [5, 5.41) is 10.2. The number of aliphatic hydroxyl groups excluding tert-OH is 1. The molecular weight excluding hydrogens is 415 g/mol. The molecule has 0 aromatic rings. The molecule has 1 N–H and O–H groups in total.